The van der Waals surface area contributed by atoms with Gasteiger partial charge < -0.3 is 14.4 Å². The smallest absolute Gasteiger partial charge is 0.312 e. The number of likely N-dealkylation sites (tertiary alicyclic amines) is 1. The average Bonchev–Trinajstić information content (AvgIpc) is 2.99. The summed E-state index contributed by atoms with van der Waals surface area (Å²) in [6.07, 6.45) is 2.72. The maximum Gasteiger partial charge on any atom is 0.312 e. The summed E-state index contributed by atoms with van der Waals surface area (Å²) >= 11 is 1.84. The molecule has 2 saturated heterocycles. The van der Waals surface area contributed by atoms with E-state index in [1.54, 1.807) is 23.2 Å². The van der Waals surface area contributed by atoms with Crippen LogP contribution in [0.1, 0.15) is 16.8 Å². The first kappa shape index (κ1) is 15.1. The second-order valence-corrected chi connectivity index (χ2v) is 6.54. The number of carbonyl (C=O) groups is 2. The normalized spacial score (nSPS) is 21.3. The number of hydrogen-bond acceptors (Lipinski definition) is 6. The van der Waals surface area contributed by atoms with Crippen LogP contribution in [0.25, 0.3) is 0 Å². The lowest BCUT2D eigenvalue weighted by Gasteiger charge is -2.37. The fraction of sp³-hybridized carbons (Fsp3) is 0.533. The molecule has 1 aromatic rings. The maximum absolute atomic E-state index is 12.5. The Kier molecular flexibility index (Phi) is 4.52. The molecular weight excluding hydrogens is 304 g/mol. The van der Waals surface area contributed by atoms with Crippen LogP contribution in [0.4, 0.5) is 0 Å². The van der Waals surface area contributed by atoms with Gasteiger partial charge in [-0.25, -0.2) is 4.98 Å². The minimum atomic E-state index is -0.269. The van der Waals surface area contributed by atoms with E-state index in [4.69, 9.17) is 4.74 Å². The second-order valence-electron chi connectivity index (χ2n) is 5.39. The Morgan fingerprint density at radius 3 is 2.91 bits per heavy atom. The number of pyridine rings is 1. The van der Waals surface area contributed by atoms with Gasteiger partial charge >= 0.3 is 5.97 Å². The molecule has 0 aliphatic carbocycles. The van der Waals surface area contributed by atoms with E-state index in [2.05, 4.69) is 9.72 Å². The molecule has 1 unspecified atom stereocenters. The molecular formula is C15H18N2O4S. The highest BCUT2D eigenvalue weighted by atomic mass is 32.2. The molecule has 0 aromatic carbocycles. The highest BCUT2D eigenvalue weighted by Gasteiger charge is 2.38. The summed E-state index contributed by atoms with van der Waals surface area (Å²) in [4.78, 5) is 29.7. The van der Waals surface area contributed by atoms with E-state index in [-0.39, 0.29) is 23.9 Å². The van der Waals surface area contributed by atoms with E-state index in [9.17, 15) is 9.59 Å². The molecule has 0 bridgehead atoms. The molecule has 0 spiro atoms. The largest absolute Gasteiger partial charge is 0.473 e. The zero-order chi connectivity index (χ0) is 15.5. The summed E-state index contributed by atoms with van der Waals surface area (Å²) in [6, 6.07) is 3.44. The zero-order valence-electron chi connectivity index (χ0n) is 12.4. The fourth-order valence-corrected chi connectivity index (χ4v) is 3.64. The third kappa shape index (κ3) is 3.04. The van der Waals surface area contributed by atoms with Gasteiger partial charge in [0.2, 0.25) is 5.88 Å². The Balaban J connectivity index is 1.66. The Hall–Kier alpha value is -1.76. The molecule has 1 aromatic heterocycles. The lowest BCUT2D eigenvalue weighted by Crippen LogP contribution is -2.53. The molecule has 2 fully saturated rings. The van der Waals surface area contributed by atoms with Crippen molar-refractivity contribution in [3.05, 3.63) is 23.9 Å². The van der Waals surface area contributed by atoms with Gasteiger partial charge in [0.1, 0.15) is 11.7 Å². The Morgan fingerprint density at radius 2 is 2.23 bits per heavy atom. The molecule has 7 heteroatoms. The van der Waals surface area contributed by atoms with E-state index in [0.29, 0.717) is 24.5 Å². The molecule has 3 rings (SSSR count). The molecule has 0 radical (unpaired) electrons. The van der Waals surface area contributed by atoms with Gasteiger partial charge in [0.15, 0.2) is 0 Å². The first-order valence-corrected chi connectivity index (χ1v) is 8.41. The van der Waals surface area contributed by atoms with Crippen molar-refractivity contribution >= 4 is 23.6 Å². The number of hydrogen-bond donors (Lipinski definition) is 0. The SMILES string of the molecule is COC(=O)C1CN(C(=O)c2cccnc2OC2CCSC2)C1. The van der Waals surface area contributed by atoms with E-state index >= 15 is 0 Å². The van der Waals surface area contributed by atoms with Crippen LogP contribution in [0.5, 0.6) is 5.88 Å². The summed E-state index contributed by atoms with van der Waals surface area (Å²) in [7, 11) is 1.36. The van der Waals surface area contributed by atoms with Gasteiger partial charge in [-0.2, -0.15) is 11.8 Å². The first-order valence-electron chi connectivity index (χ1n) is 7.25. The number of ether oxygens (including phenoxy) is 2. The standard InChI is InChI=1S/C15H18N2O4S/c1-20-15(19)10-7-17(8-10)14(18)12-3-2-5-16-13(12)21-11-4-6-22-9-11/h2-3,5,10-11H,4,6-9H2,1H3. The Labute approximate surface area is 133 Å². The summed E-state index contributed by atoms with van der Waals surface area (Å²) in [5, 5.41) is 0. The van der Waals surface area contributed by atoms with Gasteiger partial charge in [0, 0.05) is 25.0 Å². The molecule has 0 N–H and O–H groups in total. The molecule has 118 valence electrons. The minimum absolute atomic E-state index is 0.116. The lowest BCUT2D eigenvalue weighted by molar-refractivity contribution is -0.149. The molecule has 1 atom stereocenters. The van der Waals surface area contributed by atoms with Gasteiger partial charge in [0.05, 0.1) is 13.0 Å². The van der Waals surface area contributed by atoms with Crippen molar-refractivity contribution in [1.82, 2.24) is 9.88 Å². The van der Waals surface area contributed by atoms with Crippen molar-refractivity contribution in [1.29, 1.82) is 0 Å². The zero-order valence-corrected chi connectivity index (χ0v) is 13.2. The van der Waals surface area contributed by atoms with Crippen LogP contribution in [0.2, 0.25) is 0 Å². The van der Waals surface area contributed by atoms with Crippen LogP contribution in [-0.2, 0) is 9.53 Å². The number of amides is 1. The topological polar surface area (TPSA) is 68.7 Å². The van der Waals surface area contributed by atoms with Crippen LogP contribution in [0, 0.1) is 5.92 Å². The molecule has 6 nitrogen and oxygen atoms in total. The van der Waals surface area contributed by atoms with E-state index in [0.717, 1.165) is 17.9 Å². The van der Waals surface area contributed by atoms with Gasteiger partial charge in [-0.3, -0.25) is 9.59 Å². The number of carbonyl (C=O) groups excluding carboxylic acids is 2. The molecule has 2 aliphatic rings. The van der Waals surface area contributed by atoms with Gasteiger partial charge in [-0.15, -0.1) is 0 Å². The Morgan fingerprint density at radius 1 is 1.41 bits per heavy atom. The monoisotopic (exact) mass is 322 g/mol. The van der Waals surface area contributed by atoms with Crippen LogP contribution in [0.3, 0.4) is 0 Å². The van der Waals surface area contributed by atoms with Crippen molar-refractivity contribution in [2.24, 2.45) is 5.92 Å². The summed E-state index contributed by atoms with van der Waals surface area (Å²) in [5.74, 6) is 1.76. The molecule has 22 heavy (non-hydrogen) atoms. The van der Waals surface area contributed by atoms with Gasteiger partial charge in [-0.1, -0.05) is 0 Å². The van der Waals surface area contributed by atoms with Crippen molar-refractivity contribution in [3.8, 4) is 5.88 Å². The minimum Gasteiger partial charge on any atom is -0.473 e. The predicted octanol–water partition coefficient (Wildman–Crippen LogP) is 1.21. The number of nitrogens with zero attached hydrogens (tertiary/aromatic N) is 2. The number of methoxy groups -OCH3 is 1. The maximum atomic E-state index is 12.5. The average molecular weight is 322 g/mol. The van der Waals surface area contributed by atoms with Crippen molar-refractivity contribution < 1.29 is 19.1 Å². The van der Waals surface area contributed by atoms with Crippen LogP contribution in [0.15, 0.2) is 18.3 Å². The van der Waals surface area contributed by atoms with Gasteiger partial charge in [0.25, 0.3) is 5.91 Å². The van der Waals surface area contributed by atoms with E-state index in [1.807, 2.05) is 11.8 Å². The van der Waals surface area contributed by atoms with E-state index < -0.39 is 0 Å². The summed E-state index contributed by atoms with van der Waals surface area (Å²) in [5.41, 5.74) is 0.461. The van der Waals surface area contributed by atoms with Gasteiger partial charge in [-0.05, 0) is 24.3 Å². The molecule has 0 saturated carbocycles. The fourth-order valence-electron chi connectivity index (χ4n) is 2.54. The van der Waals surface area contributed by atoms with Crippen LogP contribution in [-0.4, -0.2) is 59.6 Å². The first-order chi connectivity index (χ1) is 10.7. The third-order valence-electron chi connectivity index (χ3n) is 3.87. The highest BCUT2D eigenvalue weighted by molar-refractivity contribution is 7.99. The number of thioether (sulfide) groups is 1. The molecule has 1 amide bonds. The van der Waals surface area contributed by atoms with Crippen molar-refractivity contribution in [3.63, 3.8) is 0 Å². The van der Waals surface area contributed by atoms with Crippen LogP contribution < -0.4 is 4.74 Å². The highest BCUT2D eigenvalue weighted by Crippen LogP contribution is 2.27. The number of rotatable bonds is 4. The molecule has 3 heterocycles. The number of esters is 1. The summed E-state index contributed by atoms with van der Waals surface area (Å²) in [6.45, 7) is 0.776. The quantitative estimate of drug-likeness (QED) is 0.776. The lowest BCUT2D eigenvalue weighted by atomic mass is 9.99. The van der Waals surface area contributed by atoms with Crippen molar-refractivity contribution in [2.45, 2.75) is 12.5 Å². The second kappa shape index (κ2) is 6.56. The molecule has 2 aliphatic heterocycles. The predicted molar refractivity (Wildman–Crippen MR) is 82.0 cm³/mol. The number of aromatic nitrogens is 1. The summed E-state index contributed by atoms with van der Waals surface area (Å²) < 4.78 is 10.6. The Bertz CT molecular complexity index is 568. The van der Waals surface area contributed by atoms with E-state index in [1.165, 1.54) is 7.11 Å². The van der Waals surface area contributed by atoms with Crippen LogP contribution >= 0.6 is 11.8 Å². The van der Waals surface area contributed by atoms with Crippen molar-refractivity contribution in [2.75, 3.05) is 31.7 Å². The third-order valence-corrected chi connectivity index (χ3v) is 5.00.